The van der Waals surface area contributed by atoms with E-state index in [-0.39, 0.29) is 24.0 Å². The number of guanidine groups is 1. The standard InChI is InChI=1S/C14H23N3O2.HI/c1-5-15-14(17(2)3)16-10-11-19-13-8-6-12(18-4)7-9-13;/h6-9H,5,10-11H2,1-4H3,(H,15,16);1H. The first-order chi connectivity index (χ1) is 9.17. The van der Waals surface area contributed by atoms with Gasteiger partial charge in [-0.15, -0.1) is 24.0 Å². The van der Waals surface area contributed by atoms with E-state index in [0.717, 1.165) is 24.0 Å². The van der Waals surface area contributed by atoms with Crippen molar-refractivity contribution in [1.82, 2.24) is 10.2 Å². The zero-order valence-corrected chi connectivity index (χ0v) is 14.9. The second kappa shape index (κ2) is 10.6. The molecular weight excluding hydrogens is 369 g/mol. The van der Waals surface area contributed by atoms with E-state index >= 15 is 0 Å². The summed E-state index contributed by atoms with van der Waals surface area (Å²) in [5.41, 5.74) is 0. The van der Waals surface area contributed by atoms with E-state index in [9.17, 15) is 0 Å². The monoisotopic (exact) mass is 393 g/mol. The molecule has 6 heteroatoms. The zero-order chi connectivity index (χ0) is 14.1. The second-order valence-corrected chi connectivity index (χ2v) is 4.15. The number of ether oxygens (including phenoxy) is 2. The average molecular weight is 393 g/mol. The minimum Gasteiger partial charge on any atom is -0.497 e. The summed E-state index contributed by atoms with van der Waals surface area (Å²) in [5.74, 6) is 2.53. The van der Waals surface area contributed by atoms with Crippen LogP contribution in [-0.4, -0.2) is 51.8 Å². The lowest BCUT2D eigenvalue weighted by Crippen LogP contribution is -2.36. The maximum atomic E-state index is 5.60. The quantitative estimate of drug-likeness (QED) is 0.349. The molecule has 1 aromatic rings. The number of hydrogen-bond acceptors (Lipinski definition) is 3. The predicted molar refractivity (Wildman–Crippen MR) is 93.6 cm³/mol. The van der Waals surface area contributed by atoms with Crippen LogP contribution in [0.2, 0.25) is 0 Å². The average Bonchev–Trinajstić information content (AvgIpc) is 2.42. The zero-order valence-electron chi connectivity index (χ0n) is 12.5. The molecule has 0 aromatic heterocycles. The van der Waals surface area contributed by atoms with Crippen LogP contribution in [0.15, 0.2) is 29.3 Å². The predicted octanol–water partition coefficient (Wildman–Crippen LogP) is 2.22. The summed E-state index contributed by atoms with van der Waals surface area (Å²) < 4.78 is 10.7. The van der Waals surface area contributed by atoms with Gasteiger partial charge in [0.2, 0.25) is 0 Å². The molecule has 1 rings (SSSR count). The Kier molecular flexibility index (Phi) is 9.96. The Morgan fingerprint density at radius 3 is 2.30 bits per heavy atom. The normalized spacial score (nSPS) is 10.5. The Morgan fingerprint density at radius 1 is 1.20 bits per heavy atom. The van der Waals surface area contributed by atoms with E-state index in [2.05, 4.69) is 10.3 Å². The smallest absolute Gasteiger partial charge is 0.193 e. The van der Waals surface area contributed by atoms with E-state index < -0.39 is 0 Å². The third-order valence-corrected chi connectivity index (χ3v) is 2.44. The maximum Gasteiger partial charge on any atom is 0.193 e. The van der Waals surface area contributed by atoms with Gasteiger partial charge in [0, 0.05) is 20.6 Å². The van der Waals surface area contributed by atoms with Crippen LogP contribution in [0.1, 0.15) is 6.92 Å². The number of nitrogens with one attached hydrogen (secondary N) is 1. The largest absolute Gasteiger partial charge is 0.497 e. The van der Waals surface area contributed by atoms with Crippen LogP contribution < -0.4 is 14.8 Å². The first-order valence-corrected chi connectivity index (χ1v) is 6.40. The van der Waals surface area contributed by atoms with Crippen LogP contribution in [0.5, 0.6) is 11.5 Å². The summed E-state index contributed by atoms with van der Waals surface area (Å²) in [5, 5.41) is 3.20. The van der Waals surface area contributed by atoms with Gasteiger partial charge in [0.15, 0.2) is 5.96 Å². The summed E-state index contributed by atoms with van der Waals surface area (Å²) in [6, 6.07) is 7.53. The van der Waals surface area contributed by atoms with Crippen LogP contribution >= 0.6 is 24.0 Å². The van der Waals surface area contributed by atoms with Crippen molar-refractivity contribution < 1.29 is 9.47 Å². The SMILES string of the molecule is CCNC(=NCCOc1ccc(OC)cc1)N(C)C.I. The molecular formula is C14H24IN3O2. The van der Waals surface area contributed by atoms with Gasteiger partial charge in [-0.2, -0.15) is 0 Å². The van der Waals surface area contributed by atoms with Crippen LogP contribution in [0.3, 0.4) is 0 Å². The fraction of sp³-hybridized carbons (Fsp3) is 0.500. The molecule has 0 heterocycles. The van der Waals surface area contributed by atoms with Crippen LogP contribution in [0.25, 0.3) is 0 Å². The third kappa shape index (κ3) is 6.83. The van der Waals surface area contributed by atoms with Gasteiger partial charge < -0.3 is 19.7 Å². The van der Waals surface area contributed by atoms with Crippen molar-refractivity contribution in [3.63, 3.8) is 0 Å². The molecule has 0 aliphatic rings. The van der Waals surface area contributed by atoms with E-state index in [0.29, 0.717) is 13.2 Å². The third-order valence-electron chi connectivity index (χ3n) is 2.44. The first-order valence-electron chi connectivity index (χ1n) is 6.40. The van der Waals surface area contributed by atoms with Crippen molar-refractivity contribution in [1.29, 1.82) is 0 Å². The van der Waals surface area contributed by atoms with Gasteiger partial charge in [-0.05, 0) is 31.2 Å². The maximum absolute atomic E-state index is 5.60. The topological polar surface area (TPSA) is 46.1 Å². The Hall–Kier alpha value is -1.18. The van der Waals surface area contributed by atoms with Gasteiger partial charge in [-0.3, -0.25) is 0 Å². The molecule has 0 aliphatic carbocycles. The molecule has 0 saturated carbocycles. The van der Waals surface area contributed by atoms with E-state index in [1.54, 1.807) is 7.11 Å². The van der Waals surface area contributed by atoms with Crippen molar-refractivity contribution in [3.05, 3.63) is 24.3 Å². The van der Waals surface area contributed by atoms with E-state index in [1.165, 1.54) is 0 Å². The van der Waals surface area contributed by atoms with Crippen molar-refractivity contribution in [2.75, 3.05) is 40.9 Å². The molecule has 0 fully saturated rings. The van der Waals surface area contributed by atoms with Gasteiger partial charge >= 0.3 is 0 Å². The number of hydrogen-bond donors (Lipinski definition) is 1. The second-order valence-electron chi connectivity index (χ2n) is 4.15. The molecule has 114 valence electrons. The van der Waals surface area contributed by atoms with Gasteiger partial charge in [-0.1, -0.05) is 0 Å². The Bertz CT molecular complexity index is 394. The highest BCUT2D eigenvalue weighted by molar-refractivity contribution is 14.0. The number of halogens is 1. The first kappa shape index (κ1) is 18.8. The van der Waals surface area contributed by atoms with Crippen LogP contribution in [-0.2, 0) is 0 Å². The Morgan fingerprint density at radius 2 is 1.80 bits per heavy atom. The van der Waals surface area contributed by atoms with Crippen LogP contribution in [0, 0.1) is 0 Å². The highest BCUT2D eigenvalue weighted by Gasteiger charge is 1.99. The van der Waals surface area contributed by atoms with E-state index in [4.69, 9.17) is 9.47 Å². The van der Waals surface area contributed by atoms with Crippen molar-refractivity contribution >= 4 is 29.9 Å². The molecule has 0 bridgehead atoms. The fourth-order valence-electron chi connectivity index (χ4n) is 1.50. The molecule has 0 amide bonds. The summed E-state index contributed by atoms with van der Waals surface area (Å²) in [4.78, 5) is 6.40. The molecule has 5 nitrogen and oxygen atoms in total. The number of methoxy groups -OCH3 is 1. The summed E-state index contributed by atoms with van der Waals surface area (Å²) in [6.07, 6.45) is 0. The lowest BCUT2D eigenvalue weighted by Gasteiger charge is -2.16. The highest BCUT2D eigenvalue weighted by atomic mass is 127. The Balaban J connectivity index is 0.00000361. The molecule has 0 radical (unpaired) electrons. The van der Waals surface area contributed by atoms with Crippen LogP contribution in [0.4, 0.5) is 0 Å². The Labute approximate surface area is 138 Å². The molecule has 1 N–H and O–H groups in total. The van der Waals surface area contributed by atoms with Gasteiger partial charge in [-0.25, -0.2) is 4.99 Å². The lowest BCUT2D eigenvalue weighted by molar-refractivity contribution is 0.327. The fourth-order valence-corrected chi connectivity index (χ4v) is 1.50. The molecule has 0 saturated heterocycles. The number of aliphatic imine (C=N–C) groups is 1. The number of benzene rings is 1. The van der Waals surface area contributed by atoms with Crippen molar-refractivity contribution in [2.45, 2.75) is 6.92 Å². The summed E-state index contributed by atoms with van der Waals surface area (Å²) >= 11 is 0. The molecule has 0 atom stereocenters. The molecule has 0 aliphatic heterocycles. The van der Waals surface area contributed by atoms with Crippen molar-refractivity contribution in [2.24, 2.45) is 4.99 Å². The van der Waals surface area contributed by atoms with Crippen molar-refractivity contribution in [3.8, 4) is 11.5 Å². The molecule has 20 heavy (non-hydrogen) atoms. The number of nitrogens with zero attached hydrogens (tertiary/aromatic N) is 2. The minimum absolute atomic E-state index is 0. The van der Waals surface area contributed by atoms with Gasteiger partial charge in [0.25, 0.3) is 0 Å². The lowest BCUT2D eigenvalue weighted by atomic mass is 10.3. The summed E-state index contributed by atoms with van der Waals surface area (Å²) in [6.45, 7) is 4.07. The molecule has 0 spiro atoms. The minimum atomic E-state index is 0. The number of rotatable bonds is 6. The van der Waals surface area contributed by atoms with Gasteiger partial charge in [0.1, 0.15) is 18.1 Å². The molecule has 0 unspecified atom stereocenters. The molecule has 1 aromatic carbocycles. The van der Waals surface area contributed by atoms with E-state index in [1.807, 2.05) is 50.2 Å². The summed E-state index contributed by atoms with van der Waals surface area (Å²) in [7, 11) is 5.58. The highest BCUT2D eigenvalue weighted by Crippen LogP contribution is 2.16. The van der Waals surface area contributed by atoms with Gasteiger partial charge in [0.05, 0.1) is 13.7 Å².